The number of hydrogen-bond acceptors (Lipinski definition) is 3. The lowest BCUT2D eigenvalue weighted by atomic mass is 10.1. The number of benzene rings is 1. The summed E-state index contributed by atoms with van der Waals surface area (Å²) in [6.07, 6.45) is 1.38. The molecule has 0 bridgehead atoms. The maximum atomic E-state index is 5.53. The van der Waals surface area contributed by atoms with Gasteiger partial charge in [-0.15, -0.1) is 0 Å². The van der Waals surface area contributed by atoms with Crippen molar-refractivity contribution in [3.05, 3.63) is 28.2 Å². The Labute approximate surface area is 111 Å². The molecule has 4 heteroatoms. The molecule has 0 aliphatic carbocycles. The molecule has 94 valence electrons. The topological polar surface area (TPSA) is 30.5 Å². The van der Waals surface area contributed by atoms with Crippen molar-refractivity contribution in [2.45, 2.75) is 32.0 Å². The van der Waals surface area contributed by atoms with Crippen molar-refractivity contribution >= 4 is 15.9 Å². The number of rotatable bonds is 4. The average Bonchev–Trinajstić information content (AvgIpc) is 2.72. The number of nitrogens with one attached hydrogen (secondary N) is 1. The average molecular weight is 300 g/mol. The van der Waals surface area contributed by atoms with Gasteiger partial charge >= 0.3 is 0 Å². The molecule has 1 aliphatic heterocycles. The van der Waals surface area contributed by atoms with E-state index >= 15 is 0 Å². The molecule has 1 aromatic carbocycles. The van der Waals surface area contributed by atoms with E-state index in [2.05, 4.69) is 34.2 Å². The fourth-order valence-corrected chi connectivity index (χ4v) is 2.73. The van der Waals surface area contributed by atoms with Gasteiger partial charge in [0, 0.05) is 24.8 Å². The maximum absolute atomic E-state index is 5.53. The molecule has 17 heavy (non-hydrogen) atoms. The van der Waals surface area contributed by atoms with E-state index < -0.39 is 0 Å². The number of halogens is 1. The molecule has 0 amide bonds. The highest BCUT2D eigenvalue weighted by Crippen LogP contribution is 2.28. The number of methoxy groups -OCH3 is 1. The van der Waals surface area contributed by atoms with Crippen molar-refractivity contribution in [3.63, 3.8) is 0 Å². The van der Waals surface area contributed by atoms with Gasteiger partial charge in [-0.3, -0.25) is 0 Å². The highest BCUT2D eigenvalue weighted by Gasteiger charge is 2.23. The van der Waals surface area contributed by atoms with Crippen LogP contribution >= 0.6 is 15.9 Å². The highest BCUT2D eigenvalue weighted by atomic mass is 79.9. The molecule has 1 fully saturated rings. The Kier molecular flexibility index (Phi) is 4.42. The summed E-state index contributed by atoms with van der Waals surface area (Å²) in [6, 6.07) is 6.54. The van der Waals surface area contributed by atoms with Crippen LogP contribution < -0.4 is 10.1 Å². The summed E-state index contributed by atoms with van der Waals surface area (Å²) >= 11 is 3.50. The Bertz CT molecular complexity index is 384. The number of para-hydroxylation sites is 1. The molecular formula is C13H18BrNO2. The van der Waals surface area contributed by atoms with Crippen LogP contribution in [0.25, 0.3) is 0 Å². The first-order chi connectivity index (χ1) is 8.22. The fourth-order valence-electron chi connectivity index (χ4n) is 2.16. The third-order valence-corrected chi connectivity index (χ3v) is 3.81. The van der Waals surface area contributed by atoms with E-state index in [4.69, 9.17) is 9.47 Å². The van der Waals surface area contributed by atoms with Crippen molar-refractivity contribution < 1.29 is 9.47 Å². The van der Waals surface area contributed by atoms with E-state index in [0.29, 0.717) is 12.1 Å². The summed E-state index contributed by atoms with van der Waals surface area (Å²) in [5.74, 6) is 0.909. The molecular weight excluding hydrogens is 282 g/mol. The summed E-state index contributed by atoms with van der Waals surface area (Å²) in [6.45, 7) is 3.78. The van der Waals surface area contributed by atoms with E-state index in [1.807, 2.05) is 12.1 Å². The second kappa shape index (κ2) is 5.85. The zero-order valence-corrected chi connectivity index (χ0v) is 11.8. The molecule has 0 radical (unpaired) electrons. The molecule has 1 aromatic rings. The standard InChI is InChI=1S/C13H18BrNO2/c1-9-12(6-7-17-9)15-8-10-4-3-5-11(14)13(10)16-2/h3-5,9,12,15H,6-8H2,1-2H3/t9-,12+/m0/s1. The van der Waals surface area contributed by atoms with Crippen LogP contribution in [0.4, 0.5) is 0 Å². The Morgan fingerprint density at radius 3 is 3.00 bits per heavy atom. The number of hydrogen-bond donors (Lipinski definition) is 1. The first-order valence-corrected chi connectivity index (χ1v) is 6.68. The van der Waals surface area contributed by atoms with Crippen LogP contribution in [-0.4, -0.2) is 25.9 Å². The van der Waals surface area contributed by atoms with E-state index in [0.717, 1.165) is 29.8 Å². The normalized spacial score (nSPS) is 23.9. The van der Waals surface area contributed by atoms with Gasteiger partial charge in [0.15, 0.2) is 0 Å². The van der Waals surface area contributed by atoms with Gasteiger partial charge < -0.3 is 14.8 Å². The maximum Gasteiger partial charge on any atom is 0.137 e. The summed E-state index contributed by atoms with van der Waals surface area (Å²) < 4.78 is 11.9. The quantitative estimate of drug-likeness (QED) is 0.927. The lowest BCUT2D eigenvalue weighted by Crippen LogP contribution is -2.34. The Hall–Kier alpha value is -0.580. The summed E-state index contributed by atoms with van der Waals surface area (Å²) in [4.78, 5) is 0. The molecule has 0 aromatic heterocycles. The molecule has 2 rings (SSSR count). The van der Waals surface area contributed by atoms with E-state index in [1.165, 1.54) is 5.56 Å². The smallest absolute Gasteiger partial charge is 0.137 e. The van der Waals surface area contributed by atoms with Gasteiger partial charge in [-0.1, -0.05) is 12.1 Å². The molecule has 0 saturated carbocycles. The predicted octanol–water partition coefficient (Wildman–Crippen LogP) is 2.72. The monoisotopic (exact) mass is 299 g/mol. The van der Waals surface area contributed by atoms with Crippen molar-refractivity contribution in [1.29, 1.82) is 0 Å². The first kappa shape index (κ1) is 12.9. The highest BCUT2D eigenvalue weighted by molar-refractivity contribution is 9.10. The van der Waals surface area contributed by atoms with Crippen LogP contribution in [0, 0.1) is 0 Å². The minimum Gasteiger partial charge on any atom is -0.495 e. The lowest BCUT2D eigenvalue weighted by molar-refractivity contribution is 0.113. The van der Waals surface area contributed by atoms with E-state index in [9.17, 15) is 0 Å². The summed E-state index contributed by atoms with van der Waals surface area (Å²) in [5.41, 5.74) is 1.17. The molecule has 1 aliphatic rings. The second-order valence-corrected chi connectivity index (χ2v) is 5.14. The van der Waals surface area contributed by atoms with Gasteiger partial charge in [0.25, 0.3) is 0 Å². The SMILES string of the molecule is COc1c(Br)cccc1CN[C@@H]1CCO[C@H]1C. The molecule has 0 spiro atoms. The van der Waals surface area contributed by atoms with Crippen LogP contribution in [0.5, 0.6) is 5.75 Å². The largest absolute Gasteiger partial charge is 0.495 e. The van der Waals surface area contributed by atoms with Crippen LogP contribution in [0.3, 0.4) is 0 Å². The third kappa shape index (κ3) is 3.00. The van der Waals surface area contributed by atoms with E-state index in [1.54, 1.807) is 7.11 Å². The van der Waals surface area contributed by atoms with Gasteiger partial charge in [-0.05, 0) is 35.3 Å². The second-order valence-electron chi connectivity index (χ2n) is 4.28. The van der Waals surface area contributed by atoms with Gasteiger partial charge in [0.1, 0.15) is 5.75 Å². The molecule has 1 N–H and O–H groups in total. The fraction of sp³-hybridized carbons (Fsp3) is 0.538. The van der Waals surface area contributed by atoms with Crippen molar-refractivity contribution in [3.8, 4) is 5.75 Å². The van der Waals surface area contributed by atoms with Crippen molar-refractivity contribution in [2.24, 2.45) is 0 Å². The molecule has 1 saturated heterocycles. The minimum atomic E-state index is 0.299. The van der Waals surface area contributed by atoms with Crippen molar-refractivity contribution in [2.75, 3.05) is 13.7 Å². The molecule has 0 unspecified atom stereocenters. The molecule has 1 heterocycles. The molecule has 2 atom stereocenters. The zero-order valence-electron chi connectivity index (χ0n) is 10.2. The summed E-state index contributed by atoms with van der Waals surface area (Å²) in [7, 11) is 1.70. The Morgan fingerprint density at radius 1 is 1.53 bits per heavy atom. The number of ether oxygens (including phenoxy) is 2. The van der Waals surface area contributed by atoms with Gasteiger partial charge in [0.05, 0.1) is 17.7 Å². The van der Waals surface area contributed by atoms with Crippen LogP contribution in [-0.2, 0) is 11.3 Å². The summed E-state index contributed by atoms with van der Waals surface area (Å²) in [5, 5.41) is 3.52. The van der Waals surface area contributed by atoms with Crippen LogP contribution in [0.2, 0.25) is 0 Å². The Balaban J connectivity index is 2.01. The lowest BCUT2D eigenvalue weighted by Gasteiger charge is -2.17. The predicted molar refractivity (Wildman–Crippen MR) is 71.4 cm³/mol. The van der Waals surface area contributed by atoms with Gasteiger partial charge in [0.2, 0.25) is 0 Å². The molecule has 3 nitrogen and oxygen atoms in total. The third-order valence-electron chi connectivity index (χ3n) is 3.18. The van der Waals surface area contributed by atoms with Gasteiger partial charge in [-0.2, -0.15) is 0 Å². The Morgan fingerprint density at radius 2 is 2.35 bits per heavy atom. The first-order valence-electron chi connectivity index (χ1n) is 5.88. The van der Waals surface area contributed by atoms with Crippen LogP contribution in [0.15, 0.2) is 22.7 Å². The van der Waals surface area contributed by atoms with Gasteiger partial charge in [-0.25, -0.2) is 0 Å². The zero-order chi connectivity index (χ0) is 12.3. The van der Waals surface area contributed by atoms with E-state index in [-0.39, 0.29) is 0 Å². The van der Waals surface area contributed by atoms with Crippen molar-refractivity contribution in [1.82, 2.24) is 5.32 Å². The van der Waals surface area contributed by atoms with Crippen LogP contribution in [0.1, 0.15) is 18.9 Å². The minimum absolute atomic E-state index is 0.299.